The van der Waals surface area contributed by atoms with E-state index in [-0.39, 0.29) is 72.0 Å². The first-order valence-corrected chi connectivity index (χ1v) is 24.8. The summed E-state index contributed by atoms with van der Waals surface area (Å²) >= 11 is 12.8. The minimum atomic E-state index is -0.873. The van der Waals surface area contributed by atoms with E-state index in [9.17, 15) is 29.5 Å². The number of β-amino-alcohol motifs (C(OH)–C–C–N with tert-alkyl or cyclic N) is 1. The number of likely N-dealkylation sites (tertiary alicyclic amines) is 1. The highest BCUT2D eigenvalue weighted by Gasteiger charge is 2.64. The molecule has 13 nitrogen and oxygen atoms in total. The number of aryl methyl sites for hydroxylation is 1. The maximum Gasteiger partial charge on any atom is 0.255 e. The minimum Gasteiger partial charge on any atom is -0.489 e. The van der Waals surface area contributed by atoms with Gasteiger partial charge in [0.2, 0.25) is 11.8 Å². The summed E-state index contributed by atoms with van der Waals surface area (Å²) in [6.07, 6.45) is 0.912. The van der Waals surface area contributed by atoms with Crippen molar-refractivity contribution in [3.05, 3.63) is 128 Å². The molecule has 69 heavy (non-hydrogen) atoms. The molecule has 3 fully saturated rings. The number of benzene rings is 4. The van der Waals surface area contributed by atoms with Crippen LogP contribution in [0.1, 0.15) is 97.4 Å². The van der Waals surface area contributed by atoms with Crippen molar-refractivity contribution in [2.75, 3.05) is 44.2 Å². The Hall–Kier alpha value is -5.65. The minimum absolute atomic E-state index is 0.0216. The van der Waals surface area contributed by atoms with Crippen molar-refractivity contribution >= 4 is 52.5 Å². The molecule has 0 spiro atoms. The molecule has 2 saturated heterocycles. The summed E-state index contributed by atoms with van der Waals surface area (Å²) in [6.45, 7) is 16.9. The Kier molecular flexibility index (Phi) is 14.7. The highest BCUT2D eigenvalue weighted by Crippen LogP contribution is 2.55. The first-order chi connectivity index (χ1) is 32.9. The van der Waals surface area contributed by atoms with Crippen molar-refractivity contribution in [3.8, 4) is 11.8 Å². The second kappa shape index (κ2) is 20.4. The van der Waals surface area contributed by atoms with Gasteiger partial charge >= 0.3 is 0 Å². The Morgan fingerprint density at radius 2 is 1.64 bits per heavy atom. The van der Waals surface area contributed by atoms with Gasteiger partial charge in [-0.05, 0) is 84.5 Å². The molecule has 0 aromatic heterocycles. The average molecular weight is 977 g/mol. The van der Waals surface area contributed by atoms with Gasteiger partial charge < -0.3 is 35.2 Å². The fraction of sp³-hybridized carbons (Fsp3) is 0.463. The lowest BCUT2D eigenvalue weighted by Crippen LogP contribution is -2.74. The smallest absolute Gasteiger partial charge is 0.255 e. The molecule has 3 heterocycles. The van der Waals surface area contributed by atoms with Crippen molar-refractivity contribution in [2.24, 2.45) is 16.7 Å². The third kappa shape index (κ3) is 10.3. The van der Waals surface area contributed by atoms with E-state index in [1.807, 2.05) is 74.5 Å². The summed E-state index contributed by atoms with van der Waals surface area (Å²) in [5.41, 5.74) is 4.75. The van der Waals surface area contributed by atoms with Crippen molar-refractivity contribution < 1.29 is 29.0 Å². The van der Waals surface area contributed by atoms with Crippen molar-refractivity contribution in [1.82, 2.24) is 25.3 Å². The number of carbonyl (C=O) groups is 4. The third-order valence-electron chi connectivity index (χ3n) is 14.7. The van der Waals surface area contributed by atoms with Crippen molar-refractivity contribution in [2.45, 2.75) is 104 Å². The van der Waals surface area contributed by atoms with Crippen LogP contribution in [-0.2, 0) is 29.1 Å². The molecule has 0 radical (unpaired) electrons. The summed E-state index contributed by atoms with van der Waals surface area (Å²) in [6, 6.07) is 26.3. The Bertz CT molecular complexity index is 2610. The zero-order chi connectivity index (χ0) is 49.4. The van der Waals surface area contributed by atoms with Crippen molar-refractivity contribution in [3.63, 3.8) is 0 Å². The van der Waals surface area contributed by atoms with Gasteiger partial charge in [-0.15, -0.1) is 0 Å². The Labute approximate surface area is 415 Å². The SMILES string of the molecule is CC(C)C(C(=O)N1C[C@H](O)C[C@H]1C(=O)NCc1ccc(Cl)cc1N1CCN(CCCc2ccc(C(=O)NC3C(C)(C)C(Oc4ccc(C#N)c(Cl)c4)C3(C)C)cc2)CC1)N1Cc2ccccc2C1=O. The molecule has 1 aliphatic carbocycles. The number of aliphatic hydroxyl groups excluding tert-OH is 1. The fourth-order valence-corrected chi connectivity index (χ4v) is 11.8. The normalized spacial score (nSPS) is 22.2. The van der Waals surface area contributed by atoms with Crippen LogP contribution in [0.4, 0.5) is 5.69 Å². The van der Waals surface area contributed by atoms with Crippen LogP contribution in [0.3, 0.4) is 0 Å². The average Bonchev–Trinajstić information content (AvgIpc) is 3.88. The zero-order valence-electron chi connectivity index (χ0n) is 40.3. The number of nitrogens with zero attached hydrogens (tertiary/aromatic N) is 5. The van der Waals surface area contributed by atoms with Crippen LogP contribution in [-0.4, -0.2) is 113 Å². The predicted molar refractivity (Wildman–Crippen MR) is 267 cm³/mol. The molecule has 0 bridgehead atoms. The number of fused-ring (bicyclic) bond motifs is 1. The molecule has 3 aliphatic heterocycles. The summed E-state index contributed by atoms with van der Waals surface area (Å²) in [7, 11) is 0. The molecule has 8 rings (SSSR count). The first kappa shape index (κ1) is 49.8. The number of piperazine rings is 1. The molecule has 15 heteroatoms. The molecular formula is C54H63Cl2N7O6. The maximum atomic E-state index is 14.2. The maximum absolute atomic E-state index is 14.2. The van der Waals surface area contributed by atoms with Crippen LogP contribution >= 0.6 is 23.2 Å². The summed E-state index contributed by atoms with van der Waals surface area (Å²) in [5, 5.41) is 27.3. The molecule has 4 aromatic rings. The van der Waals surface area contributed by atoms with E-state index >= 15 is 0 Å². The van der Waals surface area contributed by atoms with E-state index in [0.717, 1.165) is 62.4 Å². The fourth-order valence-electron chi connectivity index (χ4n) is 11.4. The van der Waals surface area contributed by atoms with E-state index < -0.39 is 18.2 Å². The van der Waals surface area contributed by atoms with Crippen LogP contribution < -0.4 is 20.3 Å². The van der Waals surface area contributed by atoms with E-state index in [1.54, 1.807) is 29.2 Å². The van der Waals surface area contributed by atoms with Gasteiger partial charge in [-0.3, -0.25) is 24.1 Å². The topological polar surface area (TPSA) is 159 Å². The van der Waals surface area contributed by atoms with Gasteiger partial charge in [0.25, 0.3) is 11.8 Å². The number of anilines is 1. The van der Waals surface area contributed by atoms with E-state index in [2.05, 4.69) is 54.2 Å². The molecule has 3 N–H and O–H groups in total. The van der Waals surface area contributed by atoms with E-state index in [0.29, 0.717) is 39.0 Å². The van der Waals surface area contributed by atoms with E-state index in [4.69, 9.17) is 27.9 Å². The van der Waals surface area contributed by atoms with Crippen LogP contribution in [0, 0.1) is 28.1 Å². The number of hydrogen-bond donors (Lipinski definition) is 3. The highest BCUT2D eigenvalue weighted by atomic mass is 35.5. The molecule has 364 valence electrons. The highest BCUT2D eigenvalue weighted by molar-refractivity contribution is 6.32. The van der Waals surface area contributed by atoms with Crippen LogP contribution in [0.15, 0.2) is 84.9 Å². The van der Waals surface area contributed by atoms with Gasteiger partial charge in [-0.25, -0.2) is 0 Å². The number of nitrogens with one attached hydrogen (secondary N) is 2. The lowest BCUT2D eigenvalue weighted by Gasteiger charge is -2.63. The number of rotatable bonds is 15. The van der Waals surface area contributed by atoms with Crippen LogP contribution in [0.2, 0.25) is 10.0 Å². The van der Waals surface area contributed by atoms with Gasteiger partial charge in [0.1, 0.15) is 30.0 Å². The molecule has 4 aromatic carbocycles. The summed E-state index contributed by atoms with van der Waals surface area (Å²) < 4.78 is 6.39. The molecular weight excluding hydrogens is 914 g/mol. The number of nitriles is 1. The Morgan fingerprint density at radius 3 is 2.30 bits per heavy atom. The van der Waals surface area contributed by atoms with Gasteiger partial charge in [-0.2, -0.15) is 5.26 Å². The number of aliphatic hydroxyl groups is 1. The van der Waals surface area contributed by atoms with Gasteiger partial charge in [0.05, 0.1) is 16.7 Å². The molecule has 1 unspecified atom stereocenters. The first-order valence-electron chi connectivity index (χ1n) is 24.0. The second-order valence-electron chi connectivity index (χ2n) is 20.6. The van der Waals surface area contributed by atoms with Gasteiger partial charge in [0.15, 0.2) is 0 Å². The predicted octanol–water partition coefficient (Wildman–Crippen LogP) is 7.49. The monoisotopic (exact) mass is 975 g/mol. The van der Waals surface area contributed by atoms with Crippen LogP contribution in [0.5, 0.6) is 5.75 Å². The number of hydrogen-bond acceptors (Lipinski definition) is 9. The summed E-state index contributed by atoms with van der Waals surface area (Å²) in [5.74, 6) is -0.628. The number of ether oxygens (including phenoxy) is 1. The van der Waals surface area contributed by atoms with E-state index in [1.165, 1.54) is 10.5 Å². The van der Waals surface area contributed by atoms with Gasteiger partial charge in [-0.1, -0.05) is 101 Å². The molecule has 1 saturated carbocycles. The summed E-state index contributed by atoms with van der Waals surface area (Å²) in [4.78, 5) is 62.9. The lowest BCUT2D eigenvalue weighted by molar-refractivity contribution is -0.164. The van der Waals surface area contributed by atoms with Crippen molar-refractivity contribution in [1.29, 1.82) is 5.26 Å². The Morgan fingerprint density at radius 1 is 0.928 bits per heavy atom. The number of halogens is 2. The quantitative estimate of drug-likeness (QED) is 0.110. The molecule has 4 amide bonds. The molecule has 4 aliphatic rings. The molecule has 3 atom stereocenters. The van der Waals surface area contributed by atoms with Crippen LogP contribution in [0.25, 0.3) is 0 Å². The Balaban J connectivity index is 0.799. The number of carbonyl (C=O) groups excluding carboxylic acids is 4. The second-order valence-corrected chi connectivity index (χ2v) is 21.4. The lowest BCUT2D eigenvalue weighted by atomic mass is 9.49. The standard InChI is InChI=1S/C54H63Cl2N7O6/c1-33(2)46(63-31-38-11-7-8-12-42(38)49(63)67)50(68)62-32-40(64)27-45(62)48(66)58-30-37-17-19-39(55)26-44(37)61-24-22-60(23-25-61)21-9-10-34-13-15-35(16-14-34)47(65)59-51-53(3,4)52(54(51,5)6)69-41-20-18-36(29-57)43(56)28-41/h7-8,11-20,26,28,33,40,45-46,51-52,64H,9-10,21-25,27,30-32H2,1-6H3,(H,58,66)(H,59,65)/t40-,45+,46?,51?,52?/m1/s1. The van der Waals surface area contributed by atoms with Gasteiger partial charge in [0, 0.05) is 97.0 Å². The zero-order valence-corrected chi connectivity index (χ0v) is 41.8. The third-order valence-corrected chi connectivity index (χ3v) is 15.3. The number of amides is 4. The largest absolute Gasteiger partial charge is 0.489 e.